The lowest BCUT2D eigenvalue weighted by molar-refractivity contribution is -0.118. The van der Waals surface area contributed by atoms with Crippen LogP contribution in [0.1, 0.15) is 19.8 Å². The molecule has 3 amide bonds. The molecule has 2 heterocycles. The van der Waals surface area contributed by atoms with Crippen LogP contribution >= 0.6 is 23.2 Å². The first kappa shape index (κ1) is 19.3. The average molecular weight is 399 g/mol. The summed E-state index contributed by atoms with van der Waals surface area (Å²) in [5, 5.41) is 3.44. The van der Waals surface area contributed by atoms with E-state index in [1.165, 1.54) is 19.8 Å². The average Bonchev–Trinajstić information content (AvgIpc) is 3.10. The molecule has 1 aromatic carbocycles. The summed E-state index contributed by atoms with van der Waals surface area (Å²) >= 11 is 12.3. The zero-order chi connectivity index (χ0) is 18.7. The highest BCUT2D eigenvalue weighted by molar-refractivity contribution is 6.42. The molecule has 0 bridgehead atoms. The number of hydrogen-bond donors (Lipinski definition) is 1. The molecule has 0 spiro atoms. The topological polar surface area (TPSA) is 55.9 Å². The number of anilines is 1. The van der Waals surface area contributed by atoms with Gasteiger partial charge in [-0.25, -0.2) is 4.79 Å². The lowest BCUT2D eigenvalue weighted by atomic mass is 10.1. The number of imide groups is 1. The molecule has 2 aliphatic heterocycles. The Kier molecular flexibility index (Phi) is 6.27. The minimum atomic E-state index is -0.335. The normalized spacial score (nSPS) is 21.1. The van der Waals surface area contributed by atoms with E-state index in [1.54, 1.807) is 11.0 Å². The number of carbonyl (C=O) groups excluding carboxylic acids is 2. The Morgan fingerprint density at radius 3 is 2.50 bits per heavy atom. The fourth-order valence-electron chi connectivity index (χ4n) is 3.69. The van der Waals surface area contributed by atoms with E-state index in [2.05, 4.69) is 15.1 Å². The van der Waals surface area contributed by atoms with Crippen LogP contribution in [0.25, 0.3) is 0 Å². The van der Waals surface area contributed by atoms with Crippen LogP contribution in [0.4, 0.5) is 10.5 Å². The summed E-state index contributed by atoms with van der Waals surface area (Å²) in [6, 6.07) is 5.47. The number of hydrogen-bond acceptors (Lipinski definition) is 4. The largest absolute Gasteiger partial charge is 0.364 e. The van der Waals surface area contributed by atoms with E-state index in [-0.39, 0.29) is 18.0 Å². The summed E-state index contributed by atoms with van der Waals surface area (Å²) in [7, 11) is 0. The fourth-order valence-corrected chi connectivity index (χ4v) is 3.98. The zero-order valence-corrected chi connectivity index (χ0v) is 16.4. The van der Waals surface area contributed by atoms with Gasteiger partial charge in [0, 0.05) is 38.8 Å². The van der Waals surface area contributed by atoms with Gasteiger partial charge in [-0.1, -0.05) is 23.2 Å². The predicted octanol–water partition coefficient (Wildman–Crippen LogP) is 2.84. The first-order valence-corrected chi connectivity index (χ1v) is 9.70. The second-order valence-electron chi connectivity index (χ2n) is 6.89. The fraction of sp³-hybridized carbons (Fsp3) is 0.556. The van der Waals surface area contributed by atoms with Crippen LogP contribution in [0.3, 0.4) is 0 Å². The number of halogens is 2. The monoisotopic (exact) mass is 398 g/mol. The van der Waals surface area contributed by atoms with Gasteiger partial charge in [0.2, 0.25) is 5.91 Å². The molecule has 0 radical (unpaired) electrons. The van der Waals surface area contributed by atoms with Gasteiger partial charge in [-0.05, 0) is 44.1 Å². The Balaban J connectivity index is 1.77. The third kappa shape index (κ3) is 4.61. The molecule has 0 aliphatic carbocycles. The van der Waals surface area contributed by atoms with Gasteiger partial charge in [0.05, 0.1) is 16.1 Å². The van der Waals surface area contributed by atoms with Crippen molar-refractivity contribution in [3.05, 3.63) is 28.2 Å². The Labute approximate surface area is 164 Å². The van der Waals surface area contributed by atoms with Gasteiger partial charge in [0.25, 0.3) is 0 Å². The molecule has 26 heavy (non-hydrogen) atoms. The quantitative estimate of drug-likeness (QED) is 0.850. The van der Waals surface area contributed by atoms with Gasteiger partial charge in [-0.2, -0.15) is 0 Å². The Morgan fingerprint density at radius 1 is 1.12 bits per heavy atom. The molecule has 2 saturated heterocycles. The molecule has 0 saturated carbocycles. The van der Waals surface area contributed by atoms with Crippen LogP contribution in [0.2, 0.25) is 10.0 Å². The number of piperazine rings is 1. The SMILES string of the molecule is CC(=O)NC(=O)N1CCN(c2ccc(Cl)c(Cl)c2)[C@H](CN2CCCC2)C1. The van der Waals surface area contributed by atoms with Gasteiger partial charge < -0.3 is 14.7 Å². The number of likely N-dealkylation sites (tertiary alicyclic amines) is 1. The van der Waals surface area contributed by atoms with Gasteiger partial charge in [0.15, 0.2) is 0 Å². The van der Waals surface area contributed by atoms with Crippen molar-refractivity contribution in [1.29, 1.82) is 0 Å². The first-order valence-electron chi connectivity index (χ1n) is 8.94. The summed E-state index contributed by atoms with van der Waals surface area (Å²) in [4.78, 5) is 29.9. The second-order valence-corrected chi connectivity index (χ2v) is 7.70. The van der Waals surface area contributed by atoms with Crippen LogP contribution in [-0.4, -0.2) is 67.0 Å². The van der Waals surface area contributed by atoms with Gasteiger partial charge in [-0.15, -0.1) is 0 Å². The van der Waals surface area contributed by atoms with Gasteiger partial charge >= 0.3 is 6.03 Å². The molecular formula is C18H24Cl2N4O2. The summed E-state index contributed by atoms with van der Waals surface area (Å²) in [6.07, 6.45) is 2.43. The summed E-state index contributed by atoms with van der Waals surface area (Å²) in [5.74, 6) is -0.335. The maximum atomic E-state index is 12.3. The molecule has 2 aliphatic rings. The van der Waals surface area contributed by atoms with Crippen molar-refractivity contribution in [2.45, 2.75) is 25.8 Å². The van der Waals surface area contributed by atoms with E-state index in [0.29, 0.717) is 29.7 Å². The maximum Gasteiger partial charge on any atom is 0.324 e. The van der Waals surface area contributed by atoms with Crippen LogP contribution in [0.15, 0.2) is 18.2 Å². The lowest BCUT2D eigenvalue weighted by Crippen LogP contribution is -2.60. The molecule has 1 N–H and O–H groups in total. The van der Waals surface area contributed by atoms with E-state index in [0.717, 1.165) is 25.3 Å². The Bertz CT molecular complexity index is 679. The highest BCUT2D eigenvalue weighted by Crippen LogP contribution is 2.29. The van der Waals surface area contributed by atoms with Crippen molar-refractivity contribution < 1.29 is 9.59 Å². The second kappa shape index (κ2) is 8.46. The highest BCUT2D eigenvalue weighted by atomic mass is 35.5. The summed E-state index contributed by atoms with van der Waals surface area (Å²) in [6.45, 7) is 6.21. The van der Waals surface area contributed by atoms with Crippen molar-refractivity contribution in [1.82, 2.24) is 15.1 Å². The van der Waals surface area contributed by atoms with Gasteiger partial charge in [0.1, 0.15) is 0 Å². The zero-order valence-electron chi connectivity index (χ0n) is 14.9. The number of amides is 3. The lowest BCUT2D eigenvalue weighted by Gasteiger charge is -2.44. The van der Waals surface area contributed by atoms with Crippen molar-refractivity contribution in [2.75, 3.05) is 44.2 Å². The van der Waals surface area contributed by atoms with Crippen molar-refractivity contribution in [3.8, 4) is 0 Å². The molecular weight excluding hydrogens is 375 g/mol. The van der Waals surface area contributed by atoms with E-state index in [4.69, 9.17) is 23.2 Å². The van der Waals surface area contributed by atoms with Crippen molar-refractivity contribution in [3.63, 3.8) is 0 Å². The molecule has 6 nitrogen and oxygen atoms in total. The third-order valence-corrected chi connectivity index (χ3v) is 5.69. The maximum absolute atomic E-state index is 12.3. The smallest absolute Gasteiger partial charge is 0.324 e. The van der Waals surface area contributed by atoms with Crippen LogP contribution in [0, 0.1) is 0 Å². The third-order valence-electron chi connectivity index (χ3n) is 4.96. The van der Waals surface area contributed by atoms with Gasteiger partial charge in [-0.3, -0.25) is 10.1 Å². The molecule has 2 fully saturated rings. The van der Waals surface area contributed by atoms with Crippen LogP contribution < -0.4 is 10.2 Å². The number of urea groups is 1. The van der Waals surface area contributed by atoms with E-state index in [9.17, 15) is 9.59 Å². The minimum Gasteiger partial charge on any atom is -0.364 e. The van der Waals surface area contributed by atoms with E-state index < -0.39 is 0 Å². The number of carbonyl (C=O) groups is 2. The van der Waals surface area contributed by atoms with Crippen LogP contribution in [0.5, 0.6) is 0 Å². The summed E-state index contributed by atoms with van der Waals surface area (Å²) < 4.78 is 0. The molecule has 8 heteroatoms. The number of rotatable bonds is 3. The standard InChI is InChI=1S/C18H24Cl2N4O2/c1-13(25)21-18(26)23-8-9-24(14-4-5-16(19)17(20)10-14)15(12-23)11-22-6-2-3-7-22/h4-5,10,15H,2-3,6-9,11-12H2,1H3,(H,21,25,26)/t15-/m1/s1. The molecule has 0 aromatic heterocycles. The number of nitrogens with one attached hydrogen (secondary N) is 1. The predicted molar refractivity (Wildman–Crippen MR) is 104 cm³/mol. The minimum absolute atomic E-state index is 0.136. The number of nitrogens with zero attached hydrogens (tertiary/aromatic N) is 3. The Hall–Kier alpha value is -1.50. The highest BCUT2D eigenvalue weighted by Gasteiger charge is 2.32. The number of benzene rings is 1. The van der Waals surface area contributed by atoms with E-state index in [1.807, 2.05) is 12.1 Å². The molecule has 1 atom stereocenters. The Morgan fingerprint density at radius 2 is 1.85 bits per heavy atom. The van der Waals surface area contributed by atoms with E-state index >= 15 is 0 Å². The molecule has 142 valence electrons. The first-order chi connectivity index (χ1) is 12.4. The molecule has 3 rings (SSSR count). The molecule has 0 unspecified atom stereocenters. The van der Waals surface area contributed by atoms with Crippen molar-refractivity contribution >= 4 is 40.8 Å². The molecule has 1 aromatic rings. The van der Waals surface area contributed by atoms with Crippen LogP contribution in [-0.2, 0) is 4.79 Å². The summed E-state index contributed by atoms with van der Waals surface area (Å²) in [5.41, 5.74) is 1.01. The van der Waals surface area contributed by atoms with Crippen molar-refractivity contribution in [2.24, 2.45) is 0 Å².